The quantitative estimate of drug-likeness (QED) is 0.817. The second-order valence-corrected chi connectivity index (χ2v) is 7.24. The number of piperazine rings is 1. The maximum atomic E-state index is 12.2. The number of hydrogen-bond donors (Lipinski definition) is 1. The van der Waals surface area contributed by atoms with E-state index >= 15 is 0 Å². The minimum absolute atomic E-state index is 0.0268. The molecule has 0 saturated carbocycles. The maximum Gasteiger partial charge on any atom is 0.240 e. The number of rotatable bonds is 7. The molecule has 0 aromatic carbocycles. The van der Waals surface area contributed by atoms with E-state index in [1.165, 1.54) is 4.88 Å². The summed E-state index contributed by atoms with van der Waals surface area (Å²) < 4.78 is 5.15. The van der Waals surface area contributed by atoms with Crippen LogP contribution in [0.1, 0.15) is 24.4 Å². The van der Waals surface area contributed by atoms with Crippen molar-refractivity contribution in [2.75, 3.05) is 51.8 Å². The second-order valence-electron chi connectivity index (χ2n) is 6.04. The Balaban J connectivity index is 1.79. The minimum Gasteiger partial charge on any atom is -0.383 e. The number of nitrogens with one attached hydrogen (secondary N) is 1. The van der Waals surface area contributed by atoms with Crippen LogP contribution in [-0.2, 0) is 16.0 Å². The number of carbonyl (C=O) groups is 1. The average molecular weight is 340 g/mol. The largest absolute Gasteiger partial charge is 0.383 e. The van der Waals surface area contributed by atoms with Crippen molar-refractivity contribution in [1.82, 2.24) is 14.8 Å². The van der Waals surface area contributed by atoms with Crippen LogP contribution in [0.2, 0.25) is 0 Å². The third-order valence-corrected chi connectivity index (χ3v) is 5.20. The molecule has 1 aliphatic heterocycles. The molecular formula is C16H28N4O2S. The van der Waals surface area contributed by atoms with Gasteiger partial charge in [-0.25, -0.2) is 4.98 Å². The zero-order valence-corrected chi connectivity index (χ0v) is 15.4. The highest BCUT2D eigenvalue weighted by molar-refractivity contribution is 7.15. The first-order chi connectivity index (χ1) is 11.0. The number of nitrogens with zero attached hydrogens (tertiary/aromatic N) is 3. The topological polar surface area (TPSA) is 57.7 Å². The number of hydrogen-bond acceptors (Lipinski definition) is 6. The van der Waals surface area contributed by atoms with E-state index < -0.39 is 0 Å². The number of carbonyl (C=O) groups excluding carboxylic acids is 1. The summed E-state index contributed by atoms with van der Waals surface area (Å²) in [4.78, 5) is 22.5. The van der Waals surface area contributed by atoms with E-state index in [0.717, 1.165) is 50.0 Å². The lowest BCUT2D eigenvalue weighted by Gasteiger charge is -2.39. The van der Waals surface area contributed by atoms with E-state index in [-0.39, 0.29) is 5.91 Å². The molecule has 1 fully saturated rings. The van der Waals surface area contributed by atoms with Crippen molar-refractivity contribution in [3.8, 4) is 0 Å². The van der Waals surface area contributed by atoms with Gasteiger partial charge in [-0.3, -0.25) is 14.6 Å². The number of ether oxygens (including phenoxy) is 1. The fourth-order valence-corrected chi connectivity index (χ4v) is 3.84. The number of amides is 1. The summed E-state index contributed by atoms with van der Waals surface area (Å²) in [6, 6.07) is 0.445. The van der Waals surface area contributed by atoms with Crippen LogP contribution in [-0.4, -0.2) is 73.2 Å². The van der Waals surface area contributed by atoms with Crippen molar-refractivity contribution in [3.63, 3.8) is 0 Å². The molecule has 1 N–H and O–H groups in total. The van der Waals surface area contributed by atoms with Crippen LogP contribution in [0.5, 0.6) is 0 Å². The molecule has 1 aromatic rings. The van der Waals surface area contributed by atoms with Crippen LogP contribution in [0.15, 0.2) is 0 Å². The molecular weight excluding hydrogens is 312 g/mol. The Hall–Kier alpha value is -1.02. The smallest absolute Gasteiger partial charge is 0.240 e. The molecule has 0 radical (unpaired) electrons. The SMILES string of the molecule is CCc1nc(NC(=O)CN2CCN(CCOC)[C@@H](C)C2)sc1C. The molecule has 1 aromatic heterocycles. The van der Waals surface area contributed by atoms with Crippen LogP contribution in [0.3, 0.4) is 0 Å². The summed E-state index contributed by atoms with van der Waals surface area (Å²) in [5.74, 6) is 0.0268. The fraction of sp³-hybridized carbons (Fsp3) is 0.750. The summed E-state index contributed by atoms with van der Waals surface area (Å²) >= 11 is 1.56. The van der Waals surface area contributed by atoms with Gasteiger partial charge in [0, 0.05) is 44.2 Å². The number of methoxy groups -OCH3 is 1. The third-order valence-electron chi connectivity index (χ3n) is 4.27. The van der Waals surface area contributed by atoms with E-state index in [1.807, 2.05) is 6.92 Å². The van der Waals surface area contributed by atoms with Gasteiger partial charge in [0.05, 0.1) is 18.8 Å². The lowest BCUT2D eigenvalue weighted by atomic mass is 10.2. The molecule has 0 unspecified atom stereocenters. The number of aryl methyl sites for hydroxylation is 2. The van der Waals surface area contributed by atoms with Crippen LogP contribution in [0.4, 0.5) is 5.13 Å². The highest BCUT2D eigenvalue weighted by Crippen LogP contribution is 2.22. The van der Waals surface area contributed by atoms with E-state index in [2.05, 4.69) is 33.9 Å². The Bertz CT molecular complexity index is 520. The third kappa shape index (κ3) is 5.24. The average Bonchev–Trinajstić information content (AvgIpc) is 2.86. The van der Waals surface area contributed by atoms with Crippen LogP contribution in [0.25, 0.3) is 0 Å². The first kappa shape index (κ1) is 18.3. The molecule has 1 saturated heterocycles. The van der Waals surface area contributed by atoms with Crippen LogP contribution >= 0.6 is 11.3 Å². The van der Waals surface area contributed by atoms with Gasteiger partial charge in [-0.05, 0) is 20.3 Å². The Morgan fingerprint density at radius 2 is 2.26 bits per heavy atom. The Morgan fingerprint density at radius 3 is 2.87 bits per heavy atom. The summed E-state index contributed by atoms with van der Waals surface area (Å²) in [6.07, 6.45) is 0.902. The van der Waals surface area contributed by atoms with Gasteiger partial charge in [0.2, 0.25) is 5.91 Å². The minimum atomic E-state index is 0.0268. The molecule has 0 bridgehead atoms. The zero-order valence-electron chi connectivity index (χ0n) is 14.6. The predicted molar refractivity (Wildman–Crippen MR) is 94.2 cm³/mol. The Labute approximate surface area is 142 Å². The van der Waals surface area contributed by atoms with Crippen molar-refractivity contribution < 1.29 is 9.53 Å². The molecule has 2 rings (SSSR count). The first-order valence-corrected chi connectivity index (χ1v) is 9.06. The predicted octanol–water partition coefficient (Wildman–Crippen LogP) is 1.60. The normalized spacial score (nSPS) is 19.9. The summed E-state index contributed by atoms with van der Waals surface area (Å²) in [5, 5.41) is 3.66. The lowest BCUT2D eigenvalue weighted by molar-refractivity contribution is -0.118. The van der Waals surface area contributed by atoms with Gasteiger partial charge in [0.25, 0.3) is 0 Å². The van der Waals surface area contributed by atoms with Crippen LogP contribution < -0.4 is 5.32 Å². The summed E-state index contributed by atoms with van der Waals surface area (Å²) in [7, 11) is 1.73. The van der Waals surface area contributed by atoms with Crippen LogP contribution in [0, 0.1) is 6.92 Å². The van der Waals surface area contributed by atoms with E-state index in [0.29, 0.717) is 12.6 Å². The Morgan fingerprint density at radius 1 is 1.48 bits per heavy atom. The first-order valence-electron chi connectivity index (χ1n) is 8.25. The van der Waals surface area contributed by atoms with Gasteiger partial charge < -0.3 is 10.1 Å². The summed E-state index contributed by atoms with van der Waals surface area (Å²) in [5.41, 5.74) is 1.07. The van der Waals surface area contributed by atoms with E-state index in [1.54, 1.807) is 18.4 Å². The molecule has 1 aliphatic rings. The molecule has 7 heteroatoms. The molecule has 130 valence electrons. The van der Waals surface area contributed by atoms with Gasteiger partial charge >= 0.3 is 0 Å². The highest BCUT2D eigenvalue weighted by atomic mass is 32.1. The molecule has 6 nitrogen and oxygen atoms in total. The molecule has 23 heavy (non-hydrogen) atoms. The lowest BCUT2D eigenvalue weighted by Crippen LogP contribution is -2.54. The van der Waals surface area contributed by atoms with E-state index in [9.17, 15) is 4.79 Å². The fourth-order valence-electron chi connectivity index (χ4n) is 2.93. The maximum absolute atomic E-state index is 12.2. The number of thiazole rings is 1. The van der Waals surface area contributed by atoms with Gasteiger partial charge in [0.1, 0.15) is 0 Å². The molecule has 1 atom stereocenters. The molecule has 2 heterocycles. The highest BCUT2D eigenvalue weighted by Gasteiger charge is 2.24. The second kappa shape index (κ2) is 8.73. The van der Waals surface area contributed by atoms with Gasteiger partial charge in [-0.15, -0.1) is 11.3 Å². The molecule has 0 aliphatic carbocycles. The van der Waals surface area contributed by atoms with Gasteiger partial charge in [-0.1, -0.05) is 6.92 Å². The molecule has 0 spiro atoms. The van der Waals surface area contributed by atoms with E-state index in [4.69, 9.17) is 4.74 Å². The number of anilines is 1. The standard InChI is InChI=1S/C16H28N4O2S/c1-5-14-13(3)23-16(17-14)18-15(21)11-19-6-7-20(8-9-22-4)12(2)10-19/h12H,5-11H2,1-4H3,(H,17,18,21)/t12-/m0/s1. The van der Waals surface area contributed by atoms with Crippen molar-refractivity contribution in [2.24, 2.45) is 0 Å². The van der Waals surface area contributed by atoms with Gasteiger partial charge in [-0.2, -0.15) is 0 Å². The monoisotopic (exact) mass is 340 g/mol. The molecule has 1 amide bonds. The van der Waals surface area contributed by atoms with Gasteiger partial charge in [0.15, 0.2) is 5.13 Å². The zero-order chi connectivity index (χ0) is 16.8. The van der Waals surface area contributed by atoms with Crippen molar-refractivity contribution in [3.05, 3.63) is 10.6 Å². The van der Waals surface area contributed by atoms with Crippen molar-refractivity contribution in [1.29, 1.82) is 0 Å². The summed E-state index contributed by atoms with van der Waals surface area (Å²) in [6.45, 7) is 11.3. The Kier molecular flexibility index (Phi) is 6.95. The number of aromatic nitrogens is 1. The van der Waals surface area contributed by atoms with Crippen molar-refractivity contribution in [2.45, 2.75) is 33.2 Å². The van der Waals surface area contributed by atoms with Crippen molar-refractivity contribution >= 4 is 22.4 Å².